The van der Waals surface area contributed by atoms with Crippen LogP contribution in [-0.4, -0.2) is 66.5 Å². The van der Waals surface area contributed by atoms with Gasteiger partial charge >= 0.3 is 0 Å². The Hall–Kier alpha value is -1.88. The number of benzene rings is 2. The largest absolute Gasteiger partial charge is 0.494 e. The SMILES string of the molecule is CCOc1ccc(Cc2cc([C@@H]3O[C@H](S(C)(=O)=O)[C@@H](O)[C@H](O)[C@H]3O)c3c(c2Cl)CC(C)O3)cc1. The Balaban J connectivity index is 1.76. The lowest BCUT2D eigenvalue weighted by atomic mass is 9.90. The summed E-state index contributed by atoms with van der Waals surface area (Å²) in [6.45, 7) is 4.35. The van der Waals surface area contributed by atoms with E-state index in [4.69, 9.17) is 25.8 Å². The number of fused-ring (bicyclic) bond motifs is 1. The van der Waals surface area contributed by atoms with Crippen molar-refractivity contribution in [3.05, 3.63) is 57.6 Å². The lowest BCUT2D eigenvalue weighted by Crippen LogP contribution is -2.56. The smallest absolute Gasteiger partial charge is 0.187 e. The number of hydrogen-bond acceptors (Lipinski definition) is 8. The summed E-state index contributed by atoms with van der Waals surface area (Å²) in [7, 11) is -3.89. The Morgan fingerprint density at radius 1 is 1.12 bits per heavy atom. The highest BCUT2D eigenvalue weighted by Crippen LogP contribution is 2.46. The fraction of sp³-hybridized carbons (Fsp3) is 0.500. The number of aliphatic hydroxyl groups excluding tert-OH is 3. The van der Waals surface area contributed by atoms with Crippen LogP contribution in [0.4, 0.5) is 0 Å². The minimum atomic E-state index is -3.89. The molecule has 34 heavy (non-hydrogen) atoms. The molecule has 1 fully saturated rings. The van der Waals surface area contributed by atoms with E-state index in [1.807, 2.05) is 38.1 Å². The van der Waals surface area contributed by atoms with E-state index in [1.165, 1.54) is 0 Å². The van der Waals surface area contributed by atoms with Crippen molar-refractivity contribution in [2.24, 2.45) is 0 Å². The molecule has 8 nitrogen and oxygen atoms in total. The van der Waals surface area contributed by atoms with Crippen LogP contribution in [0.1, 0.15) is 42.2 Å². The van der Waals surface area contributed by atoms with Crippen LogP contribution in [0.5, 0.6) is 11.5 Å². The van der Waals surface area contributed by atoms with Gasteiger partial charge in [0.2, 0.25) is 0 Å². The van der Waals surface area contributed by atoms with Crippen LogP contribution >= 0.6 is 11.6 Å². The zero-order valence-corrected chi connectivity index (χ0v) is 20.7. The molecule has 0 saturated carbocycles. The van der Waals surface area contributed by atoms with Gasteiger partial charge in [0.1, 0.15) is 42.0 Å². The summed E-state index contributed by atoms with van der Waals surface area (Å²) in [6.07, 6.45) is -4.61. The second kappa shape index (κ2) is 9.64. The van der Waals surface area contributed by atoms with Gasteiger partial charge in [0.05, 0.1) is 11.6 Å². The third kappa shape index (κ3) is 4.78. The number of sulfone groups is 1. The summed E-state index contributed by atoms with van der Waals surface area (Å²) in [4.78, 5) is 0. The number of rotatable bonds is 6. The normalized spacial score (nSPS) is 28.9. The van der Waals surface area contributed by atoms with Crippen LogP contribution in [0, 0.1) is 0 Å². The molecular formula is C24H29ClO8S. The predicted octanol–water partition coefficient (Wildman–Crippen LogP) is 2.18. The third-order valence-corrected chi connectivity index (χ3v) is 7.86. The Morgan fingerprint density at radius 2 is 1.79 bits per heavy atom. The maximum atomic E-state index is 12.2. The van der Waals surface area contributed by atoms with Crippen LogP contribution in [0.15, 0.2) is 30.3 Å². The summed E-state index contributed by atoms with van der Waals surface area (Å²) in [5.74, 6) is 1.17. The zero-order valence-electron chi connectivity index (χ0n) is 19.1. The first-order valence-electron chi connectivity index (χ1n) is 11.1. The number of aliphatic hydroxyl groups is 3. The van der Waals surface area contributed by atoms with Crippen molar-refractivity contribution in [1.82, 2.24) is 0 Å². The molecule has 0 aromatic heterocycles. The minimum absolute atomic E-state index is 0.186. The molecule has 0 amide bonds. The van der Waals surface area contributed by atoms with Crippen molar-refractivity contribution >= 4 is 21.4 Å². The topological polar surface area (TPSA) is 123 Å². The van der Waals surface area contributed by atoms with Crippen LogP contribution < -0.4 is 9.47 Å². The zero-order chi connectivity index (χ0) is 24.8. The van der Waals surface area contributed by atoms with E-state index >= 15 is 0 Å². The molecule has 1 saturated heterocycles. The van der Waals surface area contributed by atoms with Crippen molar-refractivity contribution in [1.29, 1.82) is 0 Å². The van der Waals surface area contributed by atoms with E-state index in [0.717, 1.165) is 28.7 Å². The molecule has 2 aliphatic heterocycles. The van der Waals surface area contributed by atoms with Crippen molar-refractivity contribution in [2.75, 3.05) is 12.9 Å². The predicted molar refractivity (Wildman–Crippen MR) is 126 cm³/mol. The van der Waals surface area contributed by atoms with E-state index < -0.39 is 39.7 Å². The monoisotopic (exact) mass is 512 g/mol. The van der Waals surface area contributed by atoms with Crippen molar-refractivity contribution in [3.63, 3.8) is 0 Å². The van der Waals surface area contributed by atoms with Crippen LogP contribution in [-0.2, 0) is 27.4 Å². The molecule has 2 aliphatic rings. The molecule has 0 aliphatic carbocycles. The molecule has 186 valence electrons. The lowest BCUT2D eigenvalue weighted by Gasteiger charge is -2.40. The van der Waals surface area contributed by atoms with Crippen molar-refractivity contribution < 1.29 is 37.9 Å². The molecule has 10 heteroatoms. The molecule has 0 bridgehead atoms. The van der Waals surface area contributed by atoms with Gasteiger partial charge in [-0.05, 0) is 49.6 Å². The minimum Gasteiger partial charge on any atom is -0.494 e. The summed E-state index contributed by atoms with van der Waals surface area (Å²) >= 11 is 6.76. The quantitative estimate of drug-likeness (QED) is 0.538. The van der Waals surface area contributed by atoms with Crippen molar-refractivity contribution in [2.45, 2.75) is 62.6 Å². The second-order valence-corrected chi connectivity index (χ2v) is 11.4. The summed E-state index contributed by atoms with van der Waals surface area (Å²) in [5, 5.41) is 31.9. The van der Waals surface area contributed by atoms with Crippen LogP contribution in [0.3, 0.4) is 0 Å². The van der Waals surface area contributed by atoms with Gasteiger partial charge in [-0.15, -0.1) is 0 Å². The standard InChI is InChI=1S/C24H29ClO8S/c1-4-31-15-7-5-13(6-8-15)10-14-11-17(22-16(18(14)25)9-12(2)32-22)23-20(27)19(26)21(28)24(33-23)34(3,29)30/h5-8,11-12,19-21,23-24,26-28H,4,9-10H2,1-3H3/t12?,19-,20-,21+,23+,24-/m1/s1. The Morgan fingerprint density at radius 3 is 2.41 bits per heavy atom. The maximum Gasteiger partial charge on any atom is 0.187 e. The van der Waals surface area contributed by atoms with E-state index in [9.17, 15) is 23.7 Å². The Bertz CT molecular complexity index is 1150. The first-order valence-corrected chi connectivity index (χ1v) is 13.5. The van der Waals surface area contributed by atoms with Gasteiger partial charge in [-0.25, -0.2) is 8.42 Å². The second-order valence-electron chi connectivity index (χ2n) is 8.86. The molecule has 6 atom stereocenters. The Kier molecular flexibility index (Phi) is 7.15. The van der Waals surface area contributed by atoms with Gasteiger partial charge in [-0.3, -0.25) is 0 Å². The lowest BCUT2D eigenvalue weighted by molar-refractivity contribution is -0.202. The summed E-state index contributed by atoms with van der Waals surface area (Å²) in [6, 6.07) is 9.31. The molecule has 4 rings (SSSR count). The molecule has 0 spiro atoms. The van der Waals surface area contributed by atoms with E-state index in [1.54, 1.807) is 6.07 Å². The van der Waals surface area contributed by atoms with Gasteiger partial charge in [0.15, 0.2) is 15.3 Å². The van der Waals surface area contributed by atoms with Gasteiger partial charge in [0.25, 0.3) is 0 Å². The average molecular weight is 513 g/mol. The highest BCUT2D eigenvalue weighted by atomic mass is 35.5. The van der Waals surface area contributed by atoms with E-state index in [-0.39, 0.29) is 6.10 Å². The third-order valence-electron chi connectivity index (χ3n) is 6.15. The molecule has 3 N–H and O–H groups in total. The number of hydrogen-bond donors (Lipinski definition) is 3. The molecule has 0 radical (unpaired) electrons. The van der Waals surface area contributed by atoms with Gasteiger partial charge in [-0.1, -0.05) is 23.7 Å². The number of halogens is 1. The van der Waals surface area contributed by atoms with Gasteiger partial charge in [-0.2, -0.15) is 0 Å². The molecule has 2 aromatic rings. The fourth-order valence-electron chi connectivity index (χ4n) is 4.53. The summed E-state index contributed by atoms with van der Waals surface area (Å²) in [5.41, 5.74) is 1.13. The molecule has 1 unspecified atom stereocenters. The highest BCUT2D eigenvalue weighted by molar-refractivity contribution is 7.91. The first-order chi connectivity index (χ1) is 16.0. The van der Waals surface area contributed by atoms with E-state index in [2.05, 4.69) is 0 Å². The maximum absolute atomic E-state index is 12.2. The Labute approximate surface area is 204 Å². The average Bonchev–Trinajstić information content (AvgIpc) is 3.17. The summed E-state index contributed by atoms with van der Waals surface area (Å²) < 4.78 is 41.6. The van der Waals surface area contributed by atoms with Gasteiger partial charge in [0, 0.05) is 23.8 Å². The molecule has 2 heterocycles. The number of ether oxygens (including phenoxy) is 3. The molecular weight excluding hydrogens is 484 g/mol. The van der Waals surface area contributed by atoms with E-state index in [0.29, 0.717) is 35.8 Å². The van der Waals surface area contributed by atoms with Crippen LogP contribution in [0.2, 0.25) is 5.02 Å². The fourth-order valence-corrected chi connectivity index (χ4v) is 5.80. The first kappa shape index (κ1) is 25.2. The van der Waals surface area contributed by atoms with Crippen LogP contribution in [0.25, 0.3) is 0 Å². The molecule has 2 aromatic carbocycles. The van der Waals surface area contributed by atoms with Gasteiger partial charge < -0.3 is 29.5 Å². The van der Waals surface area contributed by atoms with Crippen molar-refractivity contribution in [3.8, 4) is 11.5 Å². The highest BCUT2D eigenvalue weighted by Gasteiger charge is 2.49.